The molecule has 1 atom stereocenters. The molecule has 1 fully saturated rings. The second-order valence-corrected chi connectivity index (χ2v) is 3.94. The highest BCUT2D eigenvalue weighted by Gasteiger charge is 2.17. The monoisotopic (exact) mass is 222 g/mol. The topological polar surface area (TPSA) is 64.4 Å². The van der Waals surface area contributed by atoms with E-state index in [1.165, 1.54) is 12.1 Å². The average Bonchev–Trinajstić information content (AvgIpc) is 2.73. The molecule has 1 N–H and O–H groups in total. The summed E-state index contributed by atoms with van der Waals surface area (Å²) in [6.07, 6.45) is 1.16. The lowest BCUT2D eigenvalue weighted by Gasteiger charge is -2.14. The van der Waals surface area contributed by atoms with Gasteiger partial charge in [-0.05, 0) is 31.5 Å². The summed E-state index contributed by atoms with van der Waals surface area (Å²) in [5.41, 5.74) is 0.912. The number of nitrogens with one attached hydrogen (secondary N) is 1. The van der Waals surface area contributed by atoms with Gasteiger partial charge in [-0.1, -0.05) is 0 Å². The van der Waals surface area contributed by atoms with E-state index in [1.807, 2.05) is 6.92 Å². The van der Waals surface area contributed by atoms with Crippen LogP contribution in [0, 0.1) is 17.0 Å². The van der Waals surface area contributed by atoms with Crippen molar-refractivity contribution in [3.8, 4) is 5.75 Å². The molecule has 16 heavy (non-hydrogen) atoms. The Balaban J connectivity index is 2.12. The number of non-ortho nitro benzene ring substituents is 1. The molecule has 0 aliphatic carbocycles. The highest BCUT2D eigenvalue weighted by molar-refractivity contribution is 5.43. The first-order valence-corrected chi connectivity index (χ1v) is 5.29. The first-order chi connectivity index (χ1) is 7.66. The lowest BCUT2D eigenvalue weighted by Crippen LogP contribution is -2.19. The Morgan fingerprint density at radius 3 is 2.94 bits per heavy atom. The second kappa shape index (κ2) is 4.49. The molecule has 1 aliphatic heterocycles. The molecule has 0 unspecified atom stereocenters. The molecule has 0 aromatic heterocycles. The number of nitro benzene ring substituents is 1. The van der Waals surface area contributed by atoms with Gasteiger partial charge < -0.3 is 10.1 Å². The molecule has 0 bridgehead atoms. The fourth-order valence-corrected chi connectivity index (χ4v) is 1.79. The van der Waals surface area contributed by atoms with E-state index in [4.69, 9.17) is 4.74 Å². The Morgan fingerprint density at radius 2 is 2.38 bits per heavy atom. The summed E-state index contributed by atoms with van der Waals surface area (Å²) < 4.78 is 5.76. The minimum Gasteiger partial charge on any atom is -0.489 e. The molecular formula is C11H14N2O3. The van der Waals surface area contributed by atoms with Gasteiger partial charge in [0.25, 0.3) is 5.69 Å². The van der Waals surface area contributed by atoms with Crippen molar-refractivity contribution in [3.63, 3.8) is 0 Å². The molecule has 5 nitrogen and oxygen atoms in total. The molecule has 0 radical (unpaired) electrons. The minimum absolute atomic E-state index is 0.106. The first kappa shape index (κ1) is 10.9. The number of rotatable bonds is 3. The predicted molar refractivity (Wildman–Crippen MR) is 59.7 cm³/mol. The van der Waals surface area contributed by atoms with Gasteiger partial charge in [-0.2, -0.15) is 0 Å². The molecular weight excluding hydrogens is 208 g/mol. The minimum atomic E-state index is -0.395. The van der Waals surface area contributed by atoms with Crippen LogP contribution in [0.15, 0.2) is 18.2 Å². The van der Waals surface area contributed by atoms with Crippen molar-refractivity contribution in [3.05, 3.63) is 33.9 Å². The Bertz CT molecular complexity index is 400. The van der Waals surface area contributed by atoms with Gasteiger partial charge in [0.2, 0.25) is 0 Å². The lowest BCUT2D eigenvalue weighted by atomic mass is 10.2. The maximum atomic E-state index is 10.6. The largest absolute Gasteiger partial charge is 0.489 e. The zero-order valence-corrected chi connectivity index (χ0v) is 9.10. The summed E-state index contributed by atoms with van der Waals surface area (Å²) in [6, 6.07) is 4.69. The highest BCUT2D eigenvalue weighted by atomic mass is 16.6. The van der Waals surface area contributed by atoms with Gasteiger partial charge in [0.05, 0.1) is 4.92 Å². The van der Waals surface area contributed by atoms with E-state index in [0.717, 1.165) is 30.8 Å². The second-order valence-electron chi connectivity index (χ2n) is 3.94. The third kappa shape index (κ3) is 2.30. The van der Waals surface area contributed by atoms with Crippen LogP contribution in [-0.4, -0.2) is 24.1 Å². The van der Waals surface area contributed by atoms with Crippen molar-refractivity contribution >= 4 is 5.69 Å². The van der Waals surface area contributed by atoms with E-state index >= 15 is 0 Å². The van der Waals surface area contributed by atoms with Crippen molar-refractivity contribution in [1.29, 1.82) is 0 Å². The summed E-state index contributed by atoms with van der Waals surface area (Å²) in [4.78, 5) is 10.2. The number of hydrogen-bond acceptors (Lipinski definition) is 4. The van der Waals surface area contributed by atoms with Gasteiger partial charge in [-0.25, -0.2) is 0 Å². The van der Waals surface area contributed by atoms with Gasteiger partial charge in [0.1, 0.15) is 11.9 Å². The van der Waals surface area contributed by atoms with E-state index in [9.17, 15) is 10.1 Å². The van der Waals surface area contributed by atoms with E-state index in [2.05, 4.69) is 5.32 Å². The average molecular weight is 222 g/mol. The number of benzene rings is 1. The van der Waals surface area contributed by atoms with Gasteiger partial charge in [-0.15, -0.1) is 0 Å². The molecule has 0 amide bonds. The zero-order chi connectivity index (χ0) is 11.5. The fourth-order valence-electron chi connectivity index (χ4n) is 1.79. The van der Waals surface area contributed by atoms with Crippen LogP contribution in [0.1, 0.15) is 12.0 Å². The smallest absolute Gasteiger partial charge is 0.269 e. The molecule has 1 aromatic carbocycles. The summed E-state index contributed by atoms with van der Waals surface area (Å²) in [7, 11) is 0. The van der Waals surface area contributed by atoms with Crippen molar-refractivity contribution in [1.82, 2.24) is 5.32 Å². The lowest BCUT2D eigenvalue weighted by molar-refractivity contribution is -0.384. The number of nitro groups is 1. The van der Waals surface area contributed by atoms with Crippen molar-refractivity contribution in [2.24, 2.45) is 0 Å². The Morgan fingerprint density at radius 1 is 1.56 bits per heavy atom. The zero-order valence-electron chi connectivity index (χ0n) is 9.10. The van der Waals surface area contributed by atoms with E-state index in [0.29, 0.717) is 0 Å². The number of hydrogen-bond donors (Lipinski definition) is 1. The number of ether oxygens (including phenoxy) is 1. The quantitative estimate of drug-likeness (QED) is 0.623. The fraction of sp³-hybridized carbons (Fsp3) is 0.455. The van der Waals surface area contributed by atoms with Crippen molar-refractivity contribution < 1.29 is 9.66 Å². The molecule has 86 valence electrons. The van der Waals surface area contributed by atoms with E-state index in [1.54, 1.807) is 6.07 Å². The van der Waals surface area contributed by atoms with Crippen molar-refractivity contribution in [2.75, 3.05) is 13.1 Å². The van der Waals surface area contributed by atoms with E-state index in [-0.39, 0.29) is 11.8 Å². The molecule has 1 aromatic rings. The SMILES string of the molecule is Cc1cc([N+](=O)[O-])ccc1O[C@H]1CCNC1. The standard InChI is InChI=1S/C11H14N2O3/c1-8-6-9(13(14)15)2-3-11(8)16-10-4-5-12-7-10/h2-3,6,10,12H,4-5,7H2,1H3/t10-/m0/s1. The molecule has 2 rings (SSSR count). The maximum Gasteiger partial charge on any atom is 0.269 e. The van der Waals surface area contributed by atoms with Crippen LogP contribution in [0.4, 0.5) is 5.69 Å². The predicted octanol–water partition coefficient (Wildman–Crippen LogP) is 1.64. The van der Waals surface area contributed by atoms with Crippen molar-refractivity contribution in [2.45, 2.75) is 19.4 Å². The molecule has 0 saturated carbocycles. The molecule has 1 aliphatic rings. The van der Waals surface area contributed by atoms with Gasteiger partial charge >= 0.3 is 0 Å². The molecule has 1 saturated heterocycles. The molecule has 5 heteroatoms. The first-order valence-electron chi connectivity index (χ1n) is 5.29. The summed E-state index contributed by atoms with van der Waals surface area (Å²) in [5.74, 6) is 0.735. The van der Waals surface area contributed by atoms with Gasteiger partial charge in [-0.3, -0.25) is 10.1 Å². The van der Waals surface area contributed by atoms with Gasteiger partial charge in [0.15, 0.2) is 0 Å². The van der Waals surface area contributed by atoms with E-state index < -0.39 is 4.92 Å². The maximum absolute atomic E-state index is 10.6. The third-order valence-electron chi connectivity index (χ3n) is 2.68. The normalized spacial score (nSPS) is 19.7. The highest BCUT2D eigenvalue weighted by Crippen LogP contribution is 2.24. The number of nitrogens with zero attached hydrogens (tertiary/aromatic N) is 1. The summed E-state index contributed by atoms with van der Waals surface area (Å²) in [6.45, 7) is 3.64. The Kier molecular flexibility index (Phi) is 3.05. The van der Waals surface area contributed by atoms with Crippen LogP contribution in [0.3, 0.4) is 0 Å². The van der Waals surface area contributed by atoms with Crippen LogP contribution >= 0.6 is 0 Å². The summed E-state index contributed by atoms with van der Waals surface area (Å²) in [5, 5.41) is 13.8. The third-order valence-corrected chi connectivity index (χ3v) is 2.68. The van der Waals surface area contributed by atoms with Crippen LogP contribution < -0.4 is 10.1 Å². The van der Waals surface area contributed by atoms with Crippen LogP contribution in [0.5, 0.6) is 5.75 Å². The molecule has 1 heterocycles. The summed E-state index contributed by atoms with van der Waals surface area (Å²) >= 11 is 0. The van der Waals surface area contributed by atoms with Crippen LogP contribution in [0.25, 0.3) is 0 Å². The van der Waals surface area contributed by atoms with Gasteiger partial charge in [0, 0.05) is 18.7 Å². The van der Waals surface area contributed by atoms with Crippen LogP contribution in [-0.2, 0) is 0 Å². The molecule has 0 spiro atoms. The Labute approximate surface area is 93.6 Å². The van der Waals surface area contributed by atoms with Crippen LogP contribution in [0.2, 0.25) is 0 Å². The number of aryl methyl sites for hydroxylation is 1. The Hall–Kier alpha value is -1.62.